The second kappa shape index (κ2) is 6.59. The molecule has 0 aromatic heterocycles. The summed E-state index contributed by atoms with van der Waals surface area (Å²) < 4.78 is 5.32. The first-order valence-electron chi connectivity index (χ1n) is 4.84. The summed E-state index contributed by atoms with van der Waals surface area (Å²) in [5.74, 6) is 0. The van der Waals surface area contributed by atoms with Gasteiger partial charge in [0.05, 0.1) is 6.61 Å². The summed E-state index contributed by atoms with van der Waals surface area (Å²) in [5.41, 5.74) is 0.551. The molecule has 1 rings (SSSR count). The van der Waals surface area contributed by atoms with Gasteiger partial charge in [-0.1, -0.05) is 35.3 Å². The zero-order valence-electron chi connectivity index (χ0n) is 8.94. The van der Waals surface area contributed by atoms with Crippen molar-refractivity contribution in [2.75, 3.05) is 13.2 Å². The quantitative estimate of drug-likeness (QED) is 0.454. The van der Waals surface area contributed by atoms with E-state index in [1.54, 1.807) is 12.1 Å². The maximum absolute atomic E-state index is 10.6. The van der Waals surface area contributed by atoms with Crippen LogP contribution in [0.15, 0.2) is 30.9 Å². The molecule has 0 radical (unpaired) electrons. The molecule has 0 bridgehead atoms. The number of hydrogen-bond donors (Lipinski definition) is 0. The van der Waals surface area contributed by atoms with E-state index >= 15 is 0 Å². The first-order valence-corrected chi connectivity index (χ1v) is 5.59. The fourth-order valence-corrected chi connectivity index (χ4v) is 1.85. The third-order valence-corrected chi connectivity index (χ3v) is 2.60. The molecule has 0 aliphatic rings. The van der Waals surface area contributed by atoms with Crippen LogP contribution in [0.2, 0.25) is 10.0 Å². The van der Waals surface area contributed by atoms with Crippen LogP contribution in [0.1, 0.15) is 11.7 Å². The van der Waals surface area contributed by atoms with E-state index in [0.717, 1.165) is 0 Å². The molecule has 0 spiro atoms. The lowest BCUT2D eigenvalue weighted by Crippen LogP contribution is -2.16. The monoisotopic (exact) mass is 275 g/mol. The Morgan fingerprint density at radius 2 is 2.24 bits per heavy atom. The van der Waals surface area contributed by atoms with E-state index < -0.39 is 11.0 Å². The number of ether oxygens (including phenoxy) is 1. The van der Waals surface area contributed by atoms with E-state index in [4.69, 9.17) is 27.9 Å². The fourth-order valence-electron chi connectivity index (χ4n) is 1.32. The van der Waals surface area contributed by atoms with Gasteiger partial charge in [0, 0.05) is 20.5 Å². The van der Waals surface area contributed by atoms with Crippen LogP contribution < -0.4 is 0 Å². The smallest absolute Gasteiger partial charge is 0.233 e. The molecule has 0 amide bonds. The Balaban J connectivity index is 2.94. The van der Waals surface area contributed by atoms with Gasteiger partial charge in [-0.2, -0.15) is 0 Å². The van der Waals surface area contributed by atoms with E-state index in [-0.39, 0.29) is 13.2 Å². The highest BCUT2D eigenvalue weighted by Gasteiger charge is 2.20. The topological polar surface area (TPSA) is 52.4 Å². The number of nitrogens with zero attached hydrogens (tertiary/aromatic N) is 1. The highest BCUT2D eigenvalue weighted by Crippen LogP contribution is 2.28. The Labute approximate surface area is 109 Å². The van der Waals surface area contributed by atoms with E-state index in [2.05, 4.69) is 6.58 Å². The minimum absolute atomic E-state index is 0.220. The van der Waals surface area contributed by atoms with Crippen LogP contribution in [0.4, 0.5) is 0 Å². The molecule has 0 saturated heterocycles. The molecule has 0 heterocycles. The number of halogens is 2. The van der Waals surface area contributed by atoms with Gasteiger partial charge in [-0.05, 0) is 12.1 Å². The van der Waals surface area contributed by atoms with Gasteiger partial charge in [0.2, 0.25) is 6.54 Å². The van der Waals surface area contributed by atoms with Crippen LogP contribution in [0.3, 0.4) is 0 Å². The molecule has 92 valence electrons. The third-order valence-electron chi connectivity index (χ3n) is 2.04. The van der Waals surface area contributed by atoms with Crippen molar-refractivity contribution in [3.8, 4) is 0 Å². The van der Waals surface area contributed by atoms with Crippen molar-refractivity contribution in [1.29, 1.82) is 0 Å². The standard InChI is InChI=1S/C11H11Cl2NO3/c1-2-5-17-11(7-14(15)16)9-4-3-8(12)6-10(9)13/h2-4,6,11H,1,5,7H2. The van der Waals surface area contributed by atoms with E-state index in [1.165, 1.54) is 12.1 Å². The third kappa shape index (κ3) is 4.34. The zero-order valence-corrected chi connectivity index (χ0v) is 10.4. The van der Waals surface area contributed by atoms with Crippen molar-refractivity contribution in [2.45, 2.75) is 6.10 Å². The molecule has 6 heteroatoms. The summed E-state index contributed by atoms with van der Waals surface area (Å²) in [5, 5.41) is 11.4. The van der Waals surface area contributed by atoms with E-state index in [0.29, 0.717) is 15.6 Å². The predicted molar refractivity (Wildman–Crippen MR) is 67.2 cm³/mol. The van der Waals surface area contributed by atoms with Crippen LogP contribution >= 0.6 is 23.2 Å². The summed E-state index contributed by atoms with van der Waals surface area (Å²) in [6, 6.07) is 4.78. The van der Waals surface area contributed by atoms with Gasteiger partial charge in [-0.3, -0.25) is 10.1 Å². The Hall–Kier alpha value is -1.10. The van der Waals surface area contributed by atoms with Gasteiger partial charge >= 0.3 is 0 Å². The van der Waals surface area contributed by atoms with Crippen molar-refractivity contribution in [3.63, 3.8) is 0 Å². The van der Waals surface area contributed by atoms with Crippen LogP contribution in [-0.2, 0) is 4.74 Å². The average molecular weight is 276 g/mol. The van der Waals surface area contributed by atoms with Gasteiger partial charge in [0.15, 0.2) is 0 Å². The lowest BCUT2D eigenvalue weighted by molar-refractivity contribution is -0.492. The number of benzene rings is 1. The molecule has 0 aliphatic heterocycles. The Morgan fingerprint density at radius 1 is 1.53 bits per heavy atom. The molecule has 1 aromatic rings. The highest BCUT2D eigenvalue weighted by molar-refractivity contribution is 6.35. The first-order chi connectivity index (χ1) is 8.04. The van der Waals surface area contributed by atoms with Crippen LogP contribution in [0.25, 0.3) is 0 Å². The van der Waals surface area contributed by atoms with Gasteiger partial charge in [-0.25, -0.2) is 0 Å². The van der Waals surface area contributed by atoms with Crippen molar-refractivity contribution >= 4 is 23.2 Å². The SMILES string of the molecule is C=CCOC(C[N+](=O)[O-])c1ccc(Cl)cc1Cl. The highest BCUT2D eigenvalue weighted by atomic mass is 35.5. The molecule has 1 unspecified atom stereocenters. The summed E-state index contributed by atoms with van der Waals surface area (Å²) >= 11 is 11.7. The summed E-state index contributed by atoms with van der Waals surface area (Å²) in [7, 11) is 0. The Morgan fingerprint density at radius 3 is 2.76 bits per heavy atom. The van der Waals surface area contributed by atoms with Gasteiger partial charge in [0.1, 0.15) is 6.10 Å². The number of nitro groups is 1. The van der Waals surface area contributed by atoms with E-state index in [1.807, 2.05) is 0 Å². The summed E-state index contributed by atoms with van der Waals surface area (Å²) in [6.45, 7) is 3.36. The Bertz CT molecular complexity index is 423. The normalized spacial score (nSPS) is 12.1. The largest absolute Gasteiger partial charge is 0.363 e. The molecule has 0 fully saturated rings. The minimum atomic E-state index is -0.701. The molecule has 0 saturated carbocycles. The second-order valence-corrected chi connectivity index (χ2v) is 4.14. The zero-order chi connectivity index (χ0) is 12.8. The van der Waals surface area contributed by atoms with Crippen LogP contribution in [-0.4, -0.2) is 18.1 Å². The molecular weight excluding hydrogens is 265 g/mol. The molecule has 1 atom stereocenters. The summed E-state index contributed by atoms with van der Waals surface area (Å²) in [6.07, 6.45) is 0.823. The molecule has 17 heavy (non-hydrogen) atoms. The maximum atomic E-state index is 10.6. The van der Waals surface area contributed by atoms with Crippen molar-refractivity contribution in [1.82, 2.24) is 0 Å². The fraction of sp³-hybridized carbons (Fsp3) is 0.273. The number of rotatable bonds is 6. The number of hydrogen-bond acceptors (Lipinski definition) is 3. The maximum Gasteiger partial charge on any atom is 0.233 e. The van der Waals surface area contributed by atoms with Gasteiger partial charge in [-0.15, -0.1) is 6.58 Å². The van der Waals surface area contributed by atoms with Crippen LogP contribution in [0, 0.1) is 10.1 Å². The van der Waals surface area contributed by atoms with Gasteiger partial charge in [0.25, 0.3) is 0 Å². The molecule has 0 N–H and O–H groups in total. The lowest BCUT2D eigenvalue weighted by atomic mass is 10.1. The first kappa shape index (κ1) is 14.0. The van der Waals surface area contributed by atoms with Crippen molar-refractivity contribution < 1.29 is 9.66 Å². The summed E-state index contributed by atoms with van der Waals surface area (Å²) in [4.78, 5) is 10.1. The molecule has 1 aromatic carbocycles. The molecular formula is C11H11Cl2NO3. The minimum Gasteiger partial charge on any atom is -0.363 e. The molecule has 0 aliphatic carbocycles. The lowest BCUT2D eigenvalue weighted by Gasteiger charge is -2.14. The van der Waals surface area contributed by atoms with Gasteiger partial charge < -0.3 is 4.74 Å². The predicted octanol–water partition coefficient (Wildman–Crippen LogP) is 3.51. The van der Waals surface area contributed by atoms with Crippen molar-refractivity contribution in [2.24, 2.45) is 0 Å². The van der Waals surface area contributed by atoms with Crippen LogP contribution in [0.5, 0.6) is 0 Å². The Kier molecular flexibility index (Phi) is 5.41. The van der Waals surface area contributed by atoms with Crippen molar-refractivity contribution in [3.05, 3.63) is 56.6 Å². The van der Waals surface area contributed by atoms with E-state index in [9.17, 15) is 10.1 Å². The molecule has 4 nitrogen and oxygen atoms in total. The average Bonchev–Trinajstić information content (AvgIpc) is 2.24. The second-order valence-electron chi connectivity index (χ2n) is 3.29.